The molecule has 0 saturated heterocycles. The van der Waals surface area contributed by atoms with Gasteiger partial charge in [-0.1, -0.05) is 53.0 Å². The van der Waals surface area contributed by atoms with E-state index in [9.17, 15) is 0 Å². The smallest absolute Gasteiger partial charge is 0.137 e. The molecule has 0 aliphatic carbocycles. The van der Waals surface area contributed by atoms with E-state index in [4.69, 9.17) is 45.3 Å². The molecule has 2 rings (SSSR count). The molecule has 5 heteroatoms. The Morgan fingerprint density at radius 1 is 1.10 bits per heavy atom. The molecule has 2 N–H and O–H groups in total. The molecule has 0 radical (unpaired) electrons. The Morgan fingerprint density at radius 3 is 2.48 bits per heavy atom. The Kier molecular flexibility index (Phi) is 5.77. The summed E-state index contributed by atoms with van der Waals surface area (Å²) in [6.07, 6.45) is 0.736. The minimum Gasteiger partial charge on any atom is -0.495 e. The van der Waals surface area contributed by atoms with Crippen molar-refractivity contribution in [2.75, 3.05) is 13.7 Å². The third kappa shape index (κ3) is 3.83. The highest BCUT2D eigenvalue weighted by molar-refractivity contribution is 6.42. The molecule has 0 aliphatic rings. The average Bonchev–Trinajstić information content (AvgIpc) is 2.48. The molecule has 1 atom stereocenters. The van der Waals surface area contributed by atoms with E-state index in [0.717, 1.165) is 17.5 Å². The standard InChI is InChI=1S/C16H16Cl3NO/c1-21-15-6-5-10(8-14(15)18)7-11(9-20)12-3-2-4-13(17)16(12)19/h2-6,8,11H,7,9,20H2,1H3. The summed E-state index contributed by atoms with van der Waals surface area (Å²) in [5.74, 6) is 0.742. The molecular weight excluding hydrogens is 329 g/mol. The van der Waals surface area contributed by atoms with Crippen LogP contribution in [0.15, 0.2) is 36.4 Å². The van der Waals surface area contributed by atoms with E-state index >= 15 is 0 Å². The van der Waals surface area contributed by atoms with Crippen LogP contribution < -0.4 is 10.5 Å². The Labute approximate surface area is 139 Å². The molecule has 0 aliphatic heterocycles. The second kappa shape index (κ2) is 7.37. The maximum Gasteiger partial charge on any atom is 0.137 e. The first-order valence-electron chi connectivity index (χ1n) is 6.53. The number of hydrogen-bond acceptors (Lipinski definition) is 2. The number of benzene rings is 2. The number of methoxy groups -OCH3 is 1. The maximum atomic E-state index is 6.28. The van der Waals surface area contributed by atoms with E-state index in [0.29, 0.717) is 27.4 Å². The molecule has 0 aromatic heterocycles. The van der Waals surface area contributed by atoms with Crippen molar-refractivity contribution in [1.29, 1.82) is 0 Å². The lowest BCUT2D eigenvalue weighted by atomic mass is 9.92. The van der Waals surface area contributed by atoms with Crippen LogP contribution in [0.2, 0.25) is 15.1 Å². The molecule has 0 amide bonds. The van der Waals surface area contributed by atoms with E-state index in [2.05, 4.69) is 0 Å². The predicted molar refractivity (Wildman–Crippen MR) is 90.0 cm³/mol. The SMILES string of the molecule is COc1ccc(CC(CN)c2cccc(Cl)c2Cl)cc1Cl. The van der Waals surface area contributed by atoms with Gasteiger partial charge in [-0.05, 0) is 42.3 Å². The second-order valence-corrected chi connectivity index (χ2v) is 5.94. The van der Waals surface area contributed by atoms with Crippen molar-refractivity contribution < 1.29 is 4.74 Å². The van der Waals surface area contributed by atoms with Gasteiger partial charge in [-0.15, -0.1) is 0 Å². The van der Waals surface area contributed by atoms with Gasteiger partial charge in [0.05, 0.1) is 22.2 Å². The molecule has 0 saturated carbocycles. The van der Waals surface area contributed by atoms with Crippen LogP contribution in [-0.2, 0) is 6.42 Å². The number of halogens is 3. The lowest BCUT2D eigenvalue weighted by Crippen LogP contribution is -2.15. The van der Waals surface area contributed by atoms with Crippen molar-refractivity contribution in [2.45, 2.75) is 12.3 Å². The van der Waals surface area contributed by atoms with Crippen LogP contribution in [0.5, 0.6) is 5.75 Å². The summed E-state index contributed by atoms with van der Waals surface area (Å²) in [5.41, 5.74) is 7.94. The summed E-state index contributed by atoms with van der Waals surface area (Å²) in [4.78, 5) is 0. The number of hydrogen-bond donors (Lipinski definition) is 1. The van der Waals surface area contributed by atoms with Crippen LogP contribution in [-0.4, -0.2) is 13.7 Å². The Hall–Kier alpha value is -0.930. The number of nitrogens with two attached hydrogens (primary N) is 1. The second-order valence-electron chi connectivity index (χ2n) is 4.75. The van der Waals surface area contributed by atoms with Crippen LogP contribution in [0, 0.1) is 0 Å². The first kappa shape index (κ1) is 16.4. The van der Waals surface area contributed by atoms with Crippen molar-refractivity contribution >= 4 is 34.8 Å². The zero-order chi connectivity index (χ0) is 15.4. The van der Waals surface area contributed by atoms with Gasteiger partial charge in [-0.3, -0.25) is 0 Å². The summed E-state index contributed by atoms with van der Waals surface area (Å²) >= 11 is 18.5. The molecule has 0 spiro atoms. The fraction of sp³-hybridized carbons (Fsp3) is 0.250. The van der Waals surface area contributed by atoms with Gasteiger partial charge >= 0.3 is 0 Å². The van der Waals surface area contributed by atoms with Gasteiger partial charge in [-0.25, -0.2) is 0 Å². The van der Waals surface area contributed by atoms with Gasteiger partial charge in [-0.2, -0.15) is 0 Å². The van der Waals surface area contributed by atoms with Gasteiger partial charge in [0, 0.05) is 5.92 Å². The Bertz CT molecular complexity index is 631. The highest BCUT2D eigenvalue weighted by atomic mass is 35.5. The minimum atomic E-state index is 0.0839. The zero-order valence-electron chi connectivity index (χ0n) is 11.6. The molecule has 1 unspecified atom stereocenters. The summed E-state index contributed by atoms with van der Waals surface area (Å²) in [5, 5.41) is 1.69. The van der Waals surface area contributed by atoms with E-state index in [1.54, 1.807) is 13.2 Å². The van der Waals surface area contributed by atoms with Gasteiger partial charge in [0.2, 0.25) is 0 Å². The van der Waals surface area contributed by atoms with Crippen molar-refractivity contribution in [3.8, 4) is 5.75 Å². The lowest BCUT2D eigenvalue weighted by Gasteiger charge is -2.18. The number of rotatable bonds is 5. The molecule has 0 fully saturated rings. The van der Waals surface area contributed by atoms with Crippen LogP contribution >= 0.6 is 34.8 Å². The Morgan fingerprint density at radius 2 is 1.86 bits per heavy atom. The molecule has 2 aromatic rings. The van der Waals surface area contributed by atoms with Crippen molar-refractivity contribution in [3.05, 3.63) is 62.6 Å². The van der Waals surface area contributed by atoms with Gasteiger partial charge in [0.15, 0.2) is 0 Å². The third-order valence-electron chi connectivity index (χ3n) is 3.40. The predicted octanol–water partition coefficient (Wildman–Crippen LogP) is 4.94. The Balaban J connectivity index is 2.27. The van der Waals surface area contributed by atoms with E-state index in [-0.39, 0.29) is 5.92 Å². The van der Waals surface area contributed by atoms with Crippen LogP contribution in [0.25, 0.3) is 0 Å². The maximum absolute atomic E-state index is 6.28. The van der Waals surface area contributed by atoms with Gasteiger partial charge in [0.25, 0.3) is 0 Å². The van der Waals surface area contributed by atoms with E-state index in [1.165, 1.54) is 0 Å². The first-order chi connectivity index (χ1) is 10.1. The normalized spacial score (nSPS) is 12.2. The largest absolute Gasteiger partial charge is 0.495 e. The lowest BCUT2D eigenvalue weighted by molar-refractivity contribution is 0.415. The van der Waals surface area contributed by atoms with Crippen LogP contribution in [0.3, 0.4) is 0 Å². The topological polar surface area (TPSA) is 35.2 Å². The van der Waals surface area contributed by atoms with Crippen molar-refractivity contribution in [3.63, 3.8) is 0 Å². The first-order valence-corrected chi connectivity index (χ1v) is 7.66. The highest BCUT2D eigenvalue weighted by Gasteiger charge is 2.16. The number of ether oxygens (including phenoxy) is 1. The van der Waals surface area contributed by atoms with Crippen molar-refractivity contribution in [1.82, 2.24) is 0 Å². The summed E-state index contributed by atoms with van der Waals surface area (Å²) in [7, 11) is 1.59. The molecule has 2 nitrogen and oxygen atoms in total. The molecule has 21 heavy (non-hydrogen) atoms. The zero-order valence-corrected chi connectivity index (χ0v) is 13.8. The van der Waals surface area contributed by atoms with E-state index < -0.39 is 0 Å². The highest BCUT2D eigenvalue weighted by Crippen LogP contribution is 2.33. The van der Waals surface area contributed by atoms with E-state index in [1.807, 2.05) is 30.3 Å². The third-order valence-corrected chi connectivity index (χ3v) is 4.53. The summed E-state index contributed by atoms with van der Waals surface area (Å²) < 4.78 is 5.16. The average molecular weight is 345 g/mol. The molecule has 0 bridgehead atoms. The van der Waals surface area contributed by atoms with Crippen LogP contribution in [0.1, 0.15) is 17.0 Å². The molecular formula is C16H16Cl3NO. The molecule has 2 aromatic carbocycles. The summed E-state index contributed by atoms with van der Waals surface area (Å²) in [6, 6.07) is 11.3. The van der Waals surface area contributed by atoms with Gasteiger partial charge in [0.1, 0.15) is 5.75 Å². The van der Waals surface area contributed by atoms with Crippen LogP contribution in [0.4, 0.5) is 0 Å². The molecule has 0 heterocycles. The monoisotopic (exact) mass is 343 g/mol. The van der Waals surface area contributed by atoms with Crippen molar-refractivity contribution in [2.24, 2.45) is 5.73 Å². The minimum absolute atomic E-state index is 0.0839. The quantitative estimate of drug-likeness (QED) is 0.833. The summed E-state index contributed by atoms with van der Waals surface area (Å²) in [6.45, 7) is 0.476. The fourth-order valence-electron chi connectivity index (χ4n) is 2.28. The van der Waals surface area contributed by atoms with Gasteiger partial charge < -0.3 is 10.5 Å². The fourth-order valence-corrected chi connectivity index (χ4v) is 3.02. The molecule has 112 valence electrons.